The first-order chi connectivity index (χ1) is 14.8. The molecule has 2 saturated heterocycles. The average Bonchev–Trinajstić information content (AvgIpc) is 3.47. The van der Waals surface area contributed by atoms with E-state index in [2.05, 4.69) is 14.9 Å². The van der Waals surface area contributed by atoms with Crippen LogP contribution in [0.4, 0.5) is 5.95 Å². The molecule has 0 amide bonds. The second kappa shape index (κ2) is 7.99. The lowest BCUT2D eigenvalue weighted by Gasteiger charge is -2.35. The Labute approximate surface area is 187 Å². The third-order valence-electron chi connectivity index (χ3n) is 6.88. The zero-order chi connectivity index (χ0) is 21.6. The lowest BCUT2D eigenvalue weighted by molar-refractivity contribution is -0.216. The first kappa shape index (κ1) is 21.1. The molecular weight excluding hydrogens is 438 g/mol. The number of piperidine rings is 1. The van der Waals surface area contributed by atoms with Crippen molar-refractivity contribution >= 4 is 27.4 Å². The molecule has 7 nitrogen and oxygen atoms in total. The first-order valence-electron chi connectivity index (χ1n) is 10.6. The molecule has 2 aliphatic heterocycles. The maximum atomic E-state index is 11.6. The summed E-state index contributed by atoms with van der Waals surface area (Å²) in [5.74, 6) is 2.05. The highest BCUT2D eigenvalue weighted by molar-refractivity contribution is 7.90. The molecule has 1 aromatic heterocycles. The summed E-state index contributed by atoms with van der Waals surface area (Å²) in [6.45, 7) is 3.29. The smallest absolute Gasteiger partial charge is 0.225 e. The summed E-state index contributed by atoms with van der Waals surface area (Å²) >= 11 is 5.89. The number of halogens is 1. The van der Waals surface area contributed by atoms with Crippen LogP contribution in [0.5, 0.6) is 0 Å². The third-order valence-corrected chi connectivity index (χ3v) is 8.20. The molecule has 0 N–H and O–H groups in total. The molecule has 1 saturated carbocycles. The highest BCUT2D eigenvalue weighted by atomic mass is 35.5. The average molecular weight is 464 g/mol. The maximum Gasteiger partial charge on any atom is 0.225 e. The number of hydrogen-bond acceptors (Lipinski definition) is 7. The van der Waals surface area contributed by atoms with Crippen molar-refractivity contribution in [3.05, 3.63) is 47.2 Å². The van der Waals surface area contributed by atoms with Crippen molar-refractivity contribution in [3.63, 3.8) is 0 Å². The fourth-order valence-corrected chi connectivity index (χ4v) is 5.71. The first-order valence-corrected chi connectivity index (χ1v) is 12.9. The van der Waals surface area contributed by atoms with Crippen LogP contribution in [-0.2, 0) is 19.3 Å². The van der Waals surface area contributed by atoms with Crippen LogP contribution < -0.4 is 4.90 Å². The Bertz CT molecular complexity index is 1030. The lowest BCUT2D eigenvalue weighted by atomic mass is 9.87. The van der Waals surface area contributed by atoms with Gasteiger partial charge in [-0.25, -0.2) is 18.4 Å². The summed E-state index contributed by atoms with van der Waals surface area (Å²) in [6, 6.07) is 6.77. The van der Waals surface area contributed by atoms with E-state index in [1.165, 1.54) is 6.26 Å². The molecule has 0 radical (unpaired) electrons. The van der Waals surface area contributed by atoms with Crippen LogP contribution in [-0.4, -0.2) is 50.9 Å². The second-order valence-corrected chi connectivity index (χ2v) is 11.4. The normalized spacial score (nSPS) is 29.3. The van der Waals surface area contributed by atoms with Gasteiger partial charge in [0, 0.05) is 30.3 Å². The van der Waals surface area contributed by atoms with Gasteiger partial charge in [-0.3, -0.25) is 0 Å². The molecule has 3 aliphatic rings. The van der Waals surface area contributed by atoms with E-state index in [0.717, 1.165) is 43.9 Å². The van der Waals surface area contributed by atoms with Crippen LogP contribution in [0.3, 0.4) is 0 Å². The zero-order valence-electron chi connectivity index (χ0n) is 17.4. The topological polar surface area (TPSA) is 81.6 Å². The maximum absolute atomic E-state index is 11.6. The van der Waals surface area contributed by atoms with Crippen molar-refractivity contribution in [3.8, 4) is 0 Å². The molecule has 3 heterocycles. The van der Waals surface area contributed by atoms with E-state index >= 15 is 0 Å². The van der Waals surface area contributed by atoms with Crippen LogP contribution >= 0.6 is 11.6 Å². The highest BCUT2D eigenvalue weighted by Gasteiger charge is 2.59. The Kier molecular flexibility index (Phi) is 5.45. The predicted octanol–water partition coefficient (Wildman–Crippen LogP) is 3.50. The largest absolute Gasteiger partial charge is 0.348 e. The van der Waals surface area contributed by atoms with E-state index in [-0.39, 0.29) is 5.41 Å². The Hall–Kier alpha value is -1.74. The molecule has 1 aromatic carbocycles. The summed E-state index contributed by atoms with van der Waals surface area (Å²) in [5, 5.41) is 0.556. The minimum atomic E-state index is -3.20. The van der Waals surface area contributed by atoms with E-state index in [1.807, 2.05) is 0 Å². The number of aromatic nitrogens is 2. The second-order valence-electron chi connectivity index (χ2n) is 8.99. The van der Waals surface area contributed by atoms with Gasteiger partial charge in [-0.1, -0.05) is 23.7 Å². The van der Waals surface area contributed by atoms with Crippen molar-refractivity contribution < 1.29 is 17.9 Å². The molecular formula is C22H26ClN3O4S. The Morgan fingerprint density at radius 1 is 1.06 bits per heavy atom. The van der Waals surface area contributed by atoms with Gasteiger partial charge >= 0.3 is 0 Å². The standard InChI is InChI=1S/C22H26ClN3O4S/c1-31(27,28)18-4-2-16(3-5-18)20-29-13-22(14-30-20)10-19(22)15-6-8-26(9-7-15)21-24-11-17(23)12-25-21/h2-5,11-12,15,19-20H,6-10,13-14H2,1H3/t19-,20?,22?/m0/s1. The van der Waals surface area contributed by atoms with Crippen LogP contribution in [0.2, 0.25) is 5.02 Å². The molecule has 0 bridgehead atoms. The molecule has 2 aromatic rings. The minimum Gasteiger partial charge on any atom is -0.348 e. The Morgan fingerprint density at radius 3 is 2.26 bits per heavy atom. The number of anilines is 1. The molecule has 3 fully saturated rings. The van der Waals surface area contributed by atoms with Gasteiger partial charge in [0.1, 0.15) is 0 Å². The summed E-state index contributed by atoms with van der Waals surface area (Å²) in [7, 11) is -3.20. The quantitative estimate of drug-likeness (QED) is 0.686. The van der Waals surface area contributed by atoms with E-state index in [0.29, 0.717) is 35.0 Å². The Morgan fingerprint density at radius 2 is 1.68 bits per heavy atom. The number of rotatable bonds is 4. The van der Waals surface area contributed by atoms with Crippen LogP contribution in [0.25, 0.3) is 0 Å². The van der Waals surface area contributed by atoms with Gasteiger partial charge in [0.25, 0.3) is 0 Å². The van der Waals surface area contributed by atoms with E-state index in [4.69, 9.17) is 21.1 Å². The van der Waals surface area contributed by atoms with Crippen molar-refractivity contribution in [2.75, 3.05) is 37.5 Å². The van der Waals surface area contributed by atoms with Crippen molar-refractivity contribution in [2.24, 2.45) is 17.3 Å². The fourth-order valence-electron chi connectivity index (χ4n) is 4.99. The van der Waals surface area contributed by atoms with Crippen molar-refractivity contribution in [1.82, 2.24) is 9.97 Å². The van der Waals surface area contributed by atoms with E-state index in [1.54, 1.807) is 36.7 Å². The van der Waals surface area contributed by atoms with Gasteiger partial charge in [0.05, 0.1) is 35.5 Å². The number of benzene rings is 1. The molecule has 5 rings (SSSR count). The van der Waals surface area contributed by atoms with E-state index < -0.39 is 16.1 Å². The predicted molar refractivity (Wildman–Crippen MR) is 117 cm³/mol. The van der Waals surface area contributed by atoms with Gasteiger partial charge < -0.3 is 14.4 Å². The number of nitrogens with zero attached hydrogens (tertiary/aromatic N) is 3. The summed E-state index contributed by atoms with van der Waals surface area (Å²) < 4.78 is 35.4. The number of ether oxygens (including phenoxy) is 2. The van der Waals surface area contributed by atoms with Crippen molar-refractivity contribution in [1.29, 1.82) is 0 Å². The van der Waals surface area contributed by atoms with Gasteiger partial charge in [-0.05, 0) is 43.2 Å². The number of sulfone groups is 1. The van der Waals surface area contributed by atoms with Gasteiger partial charge in [-0.2, -0.15) is 0 Å². The summed E-state index contributed by atoms with van der Waals surface area (Å²) in [4.78, 5) is 11.2. The Balaban J connectivity index is 1.14. The molecule has 1 aliphatic carbocycles. The summed E-state index contributed by atoms with van der Waals surface area (Å²) in [5.41, 5.74) is 0.989. The summed E-state index contributed by atoms with van der Waals surface area (Å²) in [6.07, 6.45) is 7.46. The minimum absolute atomic E-state index is 0.132. The highest BCUT2D eigenvalue weighted by Crippen LogP contribution is 2.61. The number of hydrogen-bond donors (Lipinski definition) is 0. The van der Waals surface area contributed by atoms with Gasteiger partial charge in [0.15, 0.2) is 16.1 Å². The molecule has 9 heteroatoms. The fraction of sp³-hybridized carbons (Fsp3) is 0.545. The monoisotopic (exact) mass is 463 g/mol. The molecule has 0 unspecified atom stereocenters. The lowest BCUT2D eigenvalue weighted by Crippen LogP contribution is -2.37. The van der Waals surface area contributed by atoms with Crippen LogP contribution in [0.1, 0.15) is 31.1 Å². The van der Waals surface area contributed by atoms with Gasteiger partial charge in [0.2, 0.25) is 5.95 Å². The SMILES string of the molecule is CS(=O)(=O)c1ccc(C2OCC3(CO2)C[C@H]3C2CCN(c3ncc(Cl)cn3)CC2)cc1. The van der Waals surface area contributed by atoms with Crippen molar-refractivity contribution in [2.45, 2.75) is 30.4 Å². The van der Waals surface area contributed by atoms with Crippen LogP contribution in [0, 0.1) is 17.3 Å². The molecule has 1 spiro atoms. The molecule has 31 heavy (non-hydrogen) atoms. The van der Waals surface area contributed by atoms with Crippen LogP contribution in [0.15, 0.2) is 41.6 Å². The molecule has 1 atom stereocenters. The zero-order valence-corrected chi connectivity index (χ0v) is 19.0. The molecule has 166 valence electrons. The van der Waals surface area contributed by atoms with E-state index in [9.17, 15) is 8.42 Å². The third kappa shape index (κ3) is 4.31. The van der Waals surface area contributed by atoms with Gasteiger partial charge in [-0.15, -0.1) is 0 Å².